The first-order valence-corrected chi connectivity index (χ1v) is 7.45. The largest absolute Gasteiger partial charge is 0.465 e. The number of rotatable bonds is 3. The Kier molecular flexibility index (Phi) is 4.05. The molecule has 1 atom stereocenters. The molecular formula is C15H16N2O2S. The predicted octanol–water partition coefficient (Wildman–Crippen LogP) is 3.24. The summed E-state index contributed by atoms with van der Waals surface area (Å²) in [4.78, 5) is 12.0. The van der Waals surface area contributed by atoms with Crippen molar-refractivity contribution in [2.24, 2.45) is 0 Å². The molecule has 0 radical (unpaired) electrons. The lowest BCUT2D eigenvalue weighted by atomic mass is 9.84. The van der Waals surface area contributed by atoms with E-state index in [0.717, 1.165) is 16.5 Å². The van der Waals surface area contributed by atoms with Crippen molar-refractivity contribution in [3.05, 3.63) is 45.5 Å². The molecule has 0 amide bonds. The van der Waals surface area contributed by atoms with Gasteiger partial charge in [-0.05, 0) is 39.2 Å². The molecule has 0 spiro atoms. The van der Waals surface area contributed by atoms with E-state index in [1.165, 1.54) is 18.7 Å². The van der Waals surface area contributed by atoms with Gasteiger partial charge in [0, 0.05) is 11.3 Å². The number of furan rings is 1. The zero-order valence-corrected chi connectivity index (χ0v) is 12.7. The average molecular weight is 288 g/mol. The second kappa shape index (κ2) is 5.59. The number of thioether (sulfide) groups is 1. The molecule has 5 heteroatoms. The maximum Gasteiger partial charge on any atom is 0.158 e. The Morgan fingerprint density at radius 3 is 2.60 bits per heavy atom. The lowest BCUT2D eigenvalue weighted by molar-refractivity contribution is -0.113. The Morgan fingerprint density at radius 2 is 2.15 bits per heavy atom. The van der Waals surface area contributed by atoms with Crippen molar-refractivity contribution in [1.29, 1.82) is 5.26 Å². The molecule has 2 rings (SSSR count). The van der Waals surface area contributed by atoms with E-state index >= 15 is 0 Å². The molecule has 20 heavy (non-hydrogen) atoms. The highest BCUT2D eigenvalue weighted by atomic mass is 32.2. The Bertz CT molecular complexity index is 662. The second-order valence-corrected chi connectivity index (χ2v) is 5.48. The van der Waals surface area contributed by atoms with E-state index in [1.54, 1.807) is 0 Å². The number of Topliss-reactive ketones (excluding diaryl/α,β-unsaturated/α-hetero) is 1. The van der Waals surface area contributed by atoms with Crippen LogP contribution in [0.5, 0.6) is 0 Å². The summed E-state index contributed by atoms with van der Waals surface area (Å²) >= 11 is 1.46. The first kappa shape index (κ1) is 14.5. The van der Waals surface area contributed by atoms with E-state index in [1.807, 2.05) is 32.2 Å². The summed E-state index contributed by atoms with van der Waals surface area (Å²) in [6, 6.07) is 5.89. The van der Waals surface area contributed by atoms with Crippen LogP contribution in [0.15, 0.2) is 38.4 Å². The van der Waals surface area contributed by atoms with Gasteiger partial charge in [0.1, 0.15) is 11.5 Å². The first-order chi connectivity index (χ1) is 9.49. The Labute approximate surface area is 122 Å². The lowest BCUT2D eigenvalue weighted by Crippen LogP contribution is -2.26. The number of hydrogen-bond acceptors (Lipinski definition) is 5. The van der Waals surface area contributed by atoms with Gasteiger partial charge in [-0.1, -0.05) is 0 Å². The van der Waals surface area contributed by atoms with Crippen molar-refractivity contribution in [2.75, 3.05) is 6.26 Å². The van der Waals surface area contributed by atoms with Crippen molar-refractivity contribution >= 4 is 17.5 Å². The second-order valence-electron chi connectivity index (χ2n) is 4.66. The number of nitrogens with zero attached hydrogens (tertiary/aromatic N) is 1. The Hall–Kier alpha value is -1.93. The van der Waals surface area contributed by atoms with Crippen molar-refractivity contribution in [1.82, 2.24) is 5.32 Å². The highest BCUT2D eigenvalue weighted by Crippen LogP contribution is 2.40. The number of ketones is 1. The van der Waals surface area contributed by atoms with Crippen LogP contribution in [0.1, 0.15) is 31.3 Å². The monoisotopic (exact) mass is 288 g/mol. The smallest absolute Gasteiger partial charge is 0.158 e. The molecule has 0 unspecified atom stereocenters. The van der Waals surface area contributed by atoms with Crippen LogP contribution in [0.3, 0.4) is 0 Å². The predicted molar refractivity (Wildman–Crippen MR) is 78.9 cm³/mol. The summed E-state index contributed by atoms with van der Waals surface area (Å²) in [6.45, 7) is 5.21. The zero-order valence-electron chi connectivity index (χ0n) is 11.9. The van der Waals surface area contributed by atoms with Crippen LogP contribution < -0.4 is 5.32 Å². The van der Waals surface area contributed by atoms with Crippen LogP contribution in [-0.4, -0.2) is 12.0 Å². The van der Waals surface area contributed by atoms with E-state index < -0.39 is 5.92 Å². The summed E-state index contributed by atoms with van der Waals surface area (Å²) in [5, 5.41) is 13.4. The fourth-order valence-corrected chi connectivity index (χ4v) is 3.07. The molecule has 0 saturated carbocycles. The highest BCUT2D eigenvalue weighted by molar-refractivity contribution is 8.02. The summed E-state index contributed by atoms with van der Waals surface area (Å²) in [5.74, 6) is 0.926. The third-order valence-electron chi connectivity index (χ3n) is 3.28. The highest BCUT2D eigenvalue weighted by Gasteiger charge is 2.34. The molecule has 0 bridgehead atoms. The Morgan fingerprint density at radius 1 is 1.45 bits per heavy atom. The van der Waals surface area contributed by atoms with Gasteiger partial charge in [0.05, 0.1) is 22.6 Å². The number of allylic oxidation sites excluding steroid dienone is 3. The number of aryl methyl sites for hydroxylation is 1. The molecule has 104 valence electrons. The van der Waals surface area contributed by atoms with E-state index in [0.29, 0.717) is 16.9 Å². The molecule has 0 aliphatic carbocycles. The fraction of sp³-hybridized carbons (Fsp3) is 0.333. The van der Waals surface area contributed by atoms with Crippen molar-refractivity contribution < 1.29 is 9.21 Å². The van der Waals surface area contributed by atoms with Gasteiger partial charge in [0.25, 0.3) is 0 Å². The minimum atomic E-state index is -0.421. The van der Waals surface area contributed by atoms with Crippen LogP contribution >= 0.6 is 11.8 Å². The maximum atomic E-state index is 12.0. The van der Waals surface area contributed by atoms with Crippen molar-refractivity contribution in [2.45, 2.75) is 26.7 Å². The summed E-state index contributed by atoms with van der Waals surface area (Å²) in [7, 11) is 0. The van der Waals surface area contributed by atoms with Crippen molar-refractivity contribution in [3.8, 4) is 6.07 Å². The quantitative estimate of drug-likeness (QED) is 0.925. The Balaban J connectivity index is 2.65. The van der Waals surface area contributed by atoms with Crippen LogP contribution in [0, 0.1) is 18.3 Å². The molecule has 1 aromatic rings. The number of hydrogen-bond donors (Lipinski definition) is 1. The van der Waals surface area contributed by atoms with Gasteiger partial charge in [-0.3, -0.25) is 4.79 Å². The molecular weight excluding hydrogens is 272 g/mol. The molecule has 1 aromatic heterocycles. The molecule has 0 fully saturated rings. The molecule has 2 heterocycles. The molecule has 0 aromatic carbocycles. The van der Waals surface area contributed by atoms with Crippen LogP contribution in [0.2, 0.25) is 0 Å². The normalized spacial score (nSPS) is 18.9. The molecule has 1 aliphatic rings. The summed E-state index contributed by atoms with van der Waals surface area (Å²) < 4.78 is 5.67. The molecule has 1 N–H and O–H groups in total. The van der Waals surface area contributed by atoms with Gasteiger partial charge in [-0.25, -0.2) is 0 Å². The first-order valence-electron chi connectivity index (χ1n) is 6.23. The van der Waals surface area contributed by atoms with Gasteiger partial charge in [-0.2, -0.15) is 5.26 Å². The standard InChI is InChI=1S/C15H16N2O2S/c1-8-5-6-12(19-8)14-11(7-16)15(20-4)17-9(2)13(14)10(3)18/h5-6,14,17H,1-4H3/t14-/m0/s1. The number of carbonyl (C=O) groups is 1. The number of carbonyl (C=O) groups excluding carboxylic acids is 1. The summed E-state index contributed by atoms with van der Waals surface area (Å²) in [5.41, 5.74) is 1.90. The topological polar surface area (TPSA) is 66.0 Å². The van der Waals surface area contributed by atoms with Gasteiger partial charge < -0.3 is 9.73 Å². The number of nitriles is 1. The minimum absolute atomic E-state index is 0.0537. The zero-order chi connectivity index (χ0) is 14.9. The lowest BCUT2D eigenvalue weighted by Gasteiger charge is -2.27. The SMILES string of the molecule is CSC1=C(C#N)[C@@H](c2ccc(C)o2)C(C(C)=O)=C(C)N1. The van der Waals surface area contributed by atoms with Crippen LogP contribution in [0.25, 0.3) is 0 Å². The third kappa shape index (κ3) is 2.39. The number of dihydropyridines is 1. The molecule has 4 nitrogen and oxygen atoms in total. The number of nitrogens with one attached hydrogen (secondary N) is 1. The van der Waals surface area contributed by atoms with E-state index in [4.69, 9.17) is 4.42 Å². The van der Waals surface area contributed by atoms with Gasteiger partial charge >= 0.3 is 0 Å². The van der Waals surface area contributed by atoms with E-state index in [9.17, 15) is 10.1 Å². The fourth-order valence-electron chi connectivity index (χ4n) is 2.43. The molecule has 1 aliphatic heterocycles. The maximum absolute atomic E-state index is 12.0. The molecule has 0 saturated heterocycles. The van der Waals surface area contributed by atoms with Crippen LogP contribution in [0.4, 0.5) is 0 Å². The van der Waals surface area contributed by atoms with Gasteiger partial charge in [0.2, 0.25) is 0 Å². The van der Waals surface area contributed by atoms with E-state index in [2.05, 4.69) is 11.4 Å². The average Bonchev–Trinajstić information content (AvgIpc) is 2.83. The van der Waals surface area contributed by atoms with Gasteiger partial charge in [-0.15, -0.1) is 11.8 Å². The van der Waals surface area contributed by atoms with E-state index in [-0.39, 0.29) is 5.78 Å². The van der Waals surface area contributed by atoms with Crippen LogP contribution in [-0.2, 0) is 4.79 Å². The van der Waals surface area contributed by atoms with Gasteiger partial charge in [0.15, 0.2) is 5.78 Å². The van der Waals surface area contributed by atoms with Crippen molar-refractivity contribution in [3.63, 3.8) is 0 Å². The third-order valence-corrected chi connectivity index (χ3v) is 4.01. The summed E-state index contributed by atoms with van der Waals surface area (Å²) in [6.07, 6.45) is 1.90. The minimum Gasteiger partial charge on any atom is -0.465 e.